The highest BCUT2D eigenvalue weighted by atomic mass is 16.5. The van der Waals surface area contributed by atoms with Crippen molar-refractivity contribution in [1.29, 1.82) is 0 Å². The smallest absolute Gasteiger partial charge is 0.317 e. The summed E-state index contributed by atoms with van der Waals surface area (Å²) in [7, 11) is 0. The molecule has 2 fully saturated rings. The van der Waals surface area contributed by atoms with Crippen LogP contribution in [-0.2, 0) is 4.74 Å². The molecule has 0 bridgehead atoms. The zero-order chi connectivity index (χ0) is 14.2. The third-order valence-electron chi connectivity index (χ3n) is 4.24. The van der Waals surface area contributed by atoms with Crippen LogP contribution in [0.1, 0.15) is 39.0 Å². The fourth-order valence-electron chi connectivity index (χ4n) is 3.05. The zero-order valence-electron chi connectivity index (χ0n) is 12.8. The van der Waals surface area contributed by atoms with Gasteiger partial charge in [0, 0.05) is 38.8 Å². The summed E-state index contributed by atoms with van der Waals surface area (Å²) in [6.07, 6.45) is 5.76. The van der Waals surface area contributed by atoms with Crippen molar-refractivity contribution in [2.45, 2.75) is 45.1 Å². The lowest BCUT2D eigenvalue weighted by atomic mass is 10.1. The Kier molecular flexibility index (Phi) is 6.60. The van der Waals surface area contributed by atoms with Gasteiger partial charge in [-0.3, -0.25) is 4.90 Å². The minimum Gasteiger partial charge on any atom is -0.379 e. The standard InChI is InChI=1S/C15H29N3O2/c1-2-7-16-15(19)18-8-5-3-4-6-14(18)13-17-9-11-20-12-10-17/h14H,2-13H2,1H3,(H,16,19). The Balaban J connectivity index is 1.91. The van der Waals surface area contributed by atoms with E-state index in [-0.39, 0.29) is 6.03 Å². The zero-order valence-corrected chi connectivity index (χ0v) is 12.8. The van der Waals surface area contributed by atoms with Gasteiger partial charge in [0.25, 0.3) is 0 Å². The number of rotatable bonds is 4. The summed E-state index contributed by atoms with van der Waals surface area (Å²) in [6, 6.07) is 0.500. The summed E-state index contributed by atoms with van der Waals surface area (Å²) in [6.45, 7) is 8.44. The third-order valence-corrected chi connectivity index (χ3v) is 4.24. The Bertz CT molecular complexity index is 293. The number of hydrogen-bond donors (Lipinski definition) is 1. The second-order valence-corrected chi connectivity index (χ2v) is 5.84. The molecule has 1 N–H and O–H groups in total. The van der Waals surface area contributed by atoms with E-state index in [1.54, 1.807) is 0 Å². The summed E-state index contributed by atoms with van der Waals surface area (Å²) in [5.74, 6) is 0. The van der Waals surface area contributed by atoms with Gasteiger partial charge in [-0.1, -0.05) is 19.8 Å². The molecule has 0 aliphatic carbocycles. The van der Waals surface area contributed by atoms with Gasteiger partial charge in [-0.2, -0.15) is 0 Å². The molecule has 0 saturated carbocycles. The number of likely N-dealkylation sites (tertiary alicyclic amines) is 1. The molecule has 116 valence electrons. The average Bonchev–Trinajstić information content (AvgIpc) is 2.71. The number of nitrogens with one attached hydrogen (secondary N) is 1. The predicted octanol–water partition coefficient (Wildman–Crippen LogP) is 1.68. The van der Waals surface area contributed by atoms with Crippen molar-refractivity contribution in [3.8, 4) is 0 Å². The van der Waals surface area contributed by atoms with Crippen molar-refractivity contribution in [2.24, 2.45) is 0 Å². The largest absolute Gasteiger partial charge is 0.379 e. The molecular formula is C15H29N3O2. The number of carbonyl (C=O) groups is 1. The van der Waals surface area contributed by atoms with Crippen molar-refractivity contribution in [3.05, 3.63) is 0 Å². The van der Waals surface area contributed by atoms with Crippen LogP contribution in [0.2, 0.25) is 0 Å². The number of morpholine rings is 1. The van der Waals surface area contributed by atoms with Crippen LogP contribution >= 0.6 is 0 Å². The molecule has 5 nitrogen and oxygen atoms in total. The molecular weight excluding hydrogens is 254 g/mol. The molecule has 2 heterocycles. The van der Waals surface area contributed by atoms with Gasteiger partial charge in [0.05, 0.1) is 13.2 Å². The molecule has 0 aromatic heterocycles. The van der Waals surface area contributed by atoms with Crippen LogP contribution in [0.4, 0.5) is 4.79 Å². The fraction of sp³-hybridized carbons (Fsp3) is 0.933. The van der Waals surface area contributed by atoms with E-state index >= 15 is 0 Å². The van der Waals surface area contributed by atoms with Crippen LogP contribution in [0.25, 0.3) is 0 Å². The van der Waals surface area contributed by atoms with Gasteiger partial charge >= 0.3 is 6.03 Å². The van der Waals surface area contributed by atoms with Crippen LogP contribution in [-0.4, -0.2) is 67.8 Å². The van der Waals surface area contributed by atoms with E-state index in [9.17, 15) is 4.79 Å². The van der Waals surface area contributed by atoms with Gasteiger partial charge in [-0.05, 0) is 19.3 Å². The molecule has 1 atom stereocenters. The molecule has 2 saturated heterocycles. The number of urea groups is 1. The molecule has 2 aliphatic heterocycles. The van der Waals surface area contributed by atoms with Gasteiger partial charge in [-0.15, -0.1) is 0 Å². The van der Waals surface area contributed by atoms with Crippen LogP contribution in [0.5, 0.6) is 0 Å². The maximum absolute atomic E-state index is 12.3. The number of carbonyl (C=O) groups excluding carboxylic acids is 1. The maximum Gasteiger partial charge on any atom is 0.317 e. The van der Waals surface area contributed by atoms with Gasteiger partial charge in [0.2, 0.25) is 0 Å². The molecule has 0 aromatic rings. The summed E-state index contributed by atoms with van der Waals surface area (Å²) in [5, 5.41) is 3.04. The monoisotopic (exact) mass is 283 g/mol. The highest BCUT2D eigenvalue weighted by Crippen LogP contribution is 2.18. The molecule has 2 rings (SSSR count). The van der Waals surface area contributed by atoms with Crippen molar-refractivity contribution in [2.75, 3.05) is 45.9 Å². The van der Waals surface area contributed by atoms with E-state index in [4.69, 9.17) is 4.74 Å². The van der Waals surface area contributed by atoms with Crippen molar-refractivity contribution in [3.63, 3.8) is 0 Å². The van der Waals surface area contributed by atoms with Gasteiger partial charge < -0.3 is 15.0 Å². The van der Waals surface area contributed by atoms with E-state index in [1.807, 2.05) is 0 Å². The molecule has 0 spiro atoms. The molecule has 0 aromatic carbocycles. The van der Waals surface area contributed by atoms with E-state index in [0.29, 0.717) is 6.04 Å². The van der Waals surface area contributed by atoms with Gasteiger partial charge in [-0.25, -0.2) is 4.79 Å². The van der Waals surface area contributed by atoms with Crippen molar-refractivity contribution >= 4 is 6.03 Å². The summed E-state index contributed by atoms with van der Waals surface area (Å²) >= 11 is 0. The van der Waals surface area contributed by atoms with Gasteiger partial charge in [0.15, 0.2) is 0 Å². The Morgan fingerprint density at radius 1 is 1.20 bits per heavy atom. The number of amides is 2. The second kappa shape index (κ2) is 8.47. The first-order valence-electron chi connectivity index (χ1n) is 8.16. The van der Waals surface area contributed by atoms with Crippen molar-refractivity contribution < 1.29 is 9.53 Å². The van der Waals surface area contributed by atoms with Gasteiger partial charge in [0.1, 0.15) is 0 Å². The van der Waals surface area contributed by atoms with E-state index in [2.05, 4.69) is 22.0 Å². The summed E-state index contributed by atoms with van der Waals surface area (Å²) in [5.41, 5.74) is 0. The lowest BCUT2D eigenvalue weighted by Crippen LogP contribution is -2.52. The Morgan fingerprint density at radius 3 is 2.75 bits per heavy atom. The second-order valence-electron chi connectivity index (χ2n) is 5.84. The molecule has 1 unspecified atom stereocenters. The highest BCUT2D eigenvalue weighted by Gasteiger charge is 2.27. The Morgan fingerprint density at radius 2 is 2.00 bits per heavy atom. The Hall–Kier alpha value is -0.810. The first kappa shape index (κ1) is 15.6. The van der Waals surface area contributed by atoms with Crippen LogP contribution in [0, 0.1) is 0 Å². The van der Waals surface area contributed by atoms with Crippen molar-refractivity contribution in [1.82, 2.24) is 15.1 Å². The third kappa shape index (κ3) is 4.63. The van der Waals surface area contributed by atoms with E-state index in [1.165, 1.54) is 12.8 Å². The number of nitrogens with zero attached hydrogens (tertiary/aromatic N) is 2. The summed E-state index contributed by atoms with van der Waals surface area (Å²) in [4.78, 5) is 16.9. The normalized spacial score (nSPS) is 25.2. The molecule has 20 heavy (non-hydrogen) atoms. The lowest BCUT2D eigenvalue weighted by molar-refractivity contribution is 0.0261. The quantitative estimate of drug-likeness (QED) is 0.854. The molecule has 5 heteroatoms. The van der Waals surface area contributed by atoms with E-state index in [0.717, 1.165) is 65.2 Å². The molecule has 2 amide bonds. The SMILES string of the molecule is CCCNC(=O)N1CCCCCC1CN1CCOCC1. The first-order valence-corrected chi connectivity index (χ1v) is 8.16. The first-order chi connectivity index (χ1) is 9.81. The van der Waals surface area contributed by atoms with Crippen LogP contribution in [0.3, 0.4) is 0 Å². The minimum atomic E-state index is 0.131. The minimum absolute atomic E-state index is 0.131. The maximum atomic E-state index is 12.3. The highest BCUT2D eigenvalue weighted by molar-refractivity contribution is 5.74. The molecule has 2 aliphatic rings. The van der Waals surface area contributed by atoms with E-state index < -0.39 is 0 Å². The topological polar surface area (TPSA) is 44.8 Å². The molecule has 0 radical (unpaired) electrons. The number of hydrogen-bond acceptors (Lipinski definition) is 3. The fourth-order valence-corrected chi connectivity index (χ4v) is 3.05. The average molecular weight is 283 g/mol. The van der Waals surface area contributed by atoms with Crippen LogP contribution < -0.4 is 5.32 Å². The predicted molar refractivity (Wildman–Crippen MR) is 79.9 cm³/mol. The summed E-state index contributed by atoms with van der Waals surface area (Å²) < 4.78 is 5.41. The number of ether oxygens (including phenoxy) is 1. The van der Waals surface area contributed by atoms with Crippen LogP contribution in [0.15, 0.2) is 0 Å². The Labute approximate surface area is 122 Å². The lowest BCUT2D eigenvalue weighted by Gasteiger charge is -2.36.